The molecule has 1 saturated heterocycles. The first-order chi connectivity index (χ1) is 10.7. The predicted octanol–water partition coefficient (Wildman–Crippen LogP) is 0.485. The molecule has 7 nitrogen and oxygen atoms in total. The summed E-state index contributed by atoms with van der Waals surface area (Å²) in [4.78, 5) is 30.1. The number of rotatable bonds is 4. The van der Waals surface area contributed by atoms with Crippen LogP contribution in [0, 0.1) is 0 Å². The Balaban J connectivity index is 1.49. The third-order valence-electron chi connectivity index (χ3n) is 3.63. The van der Waals surface area contributed by atoms with E-state index in [-0.39, 0.29) is 24.1 Å². The van der Waals surface area contributed by atoms with Crippen molar-refractivity contribution in [3.63, 3.8) is 0 Å². The van der Waals surface area contributed by atoms with Crippen molar-refractivity contribution in [3.8, 4) is 0 Å². The van der Waals surface area contributed by atoms with Gasteiger partial charge in [0.25, 0.3) is 5.56 Å². The van der Waals surface area contributed by atoms with Gasteiger partial charge < -0.3 is 10.2 Å². The normalized spacial score (nSPS) is 15.7. The van der Waals surface area contributed by atoms with Crippen LogP contribution in [-0.2, 0) is 11.3 Å². The molecule has 1 aliphatic heterocycles. The van der Waals surface area contributed by atoms with Crippen LogP contribution in [0.1, 0.15) is 12.8 Å². The molecule has 0 bridgehead atoms. The van der Waals surface area contributed by atoms with Crippen molar-refractivity contribution in [1.82, 2.24) is 20.1 Å². The van der Waals surface area contributed by atoms with E-state index in [1.165, 1.54) is 16.9 Å². The summed E-state index contributed by atoms with van der Waals surface area (Å²) in [7, 11) is 0. The monoisotopic (exact) mass is 319 g/mol. The van der Waals surface area contributed by atoms with E-state index in [9.17, 15) is 9.59 Å². The number of nitrogens with zero attached hydrogens (tertiary/aromatic N) is 4. The number of hydrogen-bond acceptors (Lipinski definition) is 6. The van der Waals surface area contributed by atoms with Gasteiger partial charge in [0.2, 0.25) is 5.91 Å². The Labute approximate surface area is 131 Å². The molecular weight excluding hydrogens is 302 g/mol. The zero-order valence-corrected chi connectivity index (χ0v) is 12.8. The molecule has 0 spiro atoms. The summed E-state index contributed by atoms with van der Waals surface area (Å²) in [6.07, 6.45) is 5.06. The number of aromatic nitrogens is 3. The average molecular weight is 319 g/mol. The molecule has 1 fully saturated rings. The SMILES string of the molecule is O=C(Cn1ncccc1=O)NC1CCN(c2nccs2)CC1. The van der Waals surface area contributed by atoms with Gasteiger partial charge in [0, 0.05) is 43.0 Å². The van der Waals surface area contributed by atoms with Crippen LogP contribution < -0.4 is 15.8 Å². The van der Waals surface area contributed by atoms with E-state index < -0.39 is 0 Å². The van der Waals surface area contributed by atoms with E-state index >= 15 is 0 Å². The third-order valence-corrected chi connectivity index (χ3v) is 4.46. The summed E-state index contributed by atoms with van der Waals surface area (Å²) in [5.41, 5.74) is -0.267. The van der Waals surface area contributed by atoms with Gasteiger partial charge in [-0.25, -0.2) is 9.67 Å². The number of nitrogens with one attached hydrogen (secondary N) is 1. The number of carbonyl (C=O) groups excluding carboxylic acids is 1. The lowest BCUT2D eigenvalue weighted by molar-refractivity contribution is -0.122. The van der Waals surface area contributed by atoms with Crippen LogP contribution in [0.5, 0.6) is 0 Å². The molecule has 3 rings (SSSR count). The lowest BCUT2D eigenvalue weighted by Gasteiger charge is -2.32. The zero-order valence-electron chi connectivity index (χ0n) is 12.0. The van der Waals surface area contributed by atoms with Crippen molar-refractivity contribution in [1.29, 1.82) is 0 Å². The topological polar surface area (TPSA) is 80.1 Å². The standard InChI is InChI=1S/C14H17N5O2S/c20-12(10-19-13(21)2-1-5-16-19)17-11-3-7-18(8-4-11)14-15-6-9-22-14/h1-2,5-6,9,11H,3-4,7-8,10H2,(H,17,20). The van der Waals surface area contributed by atoms with Gasteiger partial charge in [0.05, 0.1) is 0 Å². The van der Waals surface area contributed by atoms with Crippen LogP contribution in [0.4, 0.5) is 5.13 Å². The fraction of sp³-hybridized carbons (Fsp3) is 0.429. The van der Waals surface area contributed by atoms with Gasteiger partial charge in [-0.1, -0.05) is 0 Å². The van der Waals surface area contributed by atoms with Crippen molar-refractivity contribution in [3.05, 3.63) is 40.3 Å². The maximum Gasteiger partial charge on any atom is 0.267 e. The first-order valence-electron chi connectivity index (χ1n) is 7.18. The summed E-state index contributed by atoms with van der Waals surface area (Å²) in [6, 6.07) is 3.10. The molecule has 8 heteroatoms. The summed E-state index contributed by atoms with van der Waals surface area (Å²) in [5, 5.41) is 9.86. The van der Waals surface area contributed by atoms with E-state index in [2.05, 4.69) is 20.3 Å². The number of thiazole rings is 1. The lowest BCUT2D eigenvalue weighted by Crippen LogP contribution is -2.46. The molecule has 2 aromatic rings. The van der Waals surface area contributed by atoms with Crippen LogP contribution in [0.25, 0.3) is 0 Å². The number of piperidine rings is 1. The second-order valence-corrected chi connectivity index (χ2v) is 6.04. The fourth-order valence-electron chi connectivity index (χ4n) is 2.50. The highest BCUT2D eigenvalue weighted by molar-refractivity contribution is 7.13. The van der Waals surface area contributed by atoms with Crippen molar-refractivity contribution >= 4 is 22.4 Å². The largest absolute Gasteiger partial charge is 0.352 e. The van der Waals surface area contributed by atoms with Crippen LogP contribution in [0.3, 0.4) is 0 Å². The van der Waals surface area contributed by atoms with Gasteiger partial charge in [-0.3, -0.25) is 9.59 Å². The van der Waals surface area contributed by atoms with Crippen molar-refractivity contribution in [2.24, 2.45) is 0 Å². The van der Waals surface area contributed by atoms with E-state index in [0.29, 0.717) is 0 Å². The molecule has 0 saturated carbocycles. The Kier molecular flexibility index (Phi) is 4.47. The van der Waals surface area contributed by atoms with E-state index in [1.807, 2.05) is 5.38 Å². The van der Waals surface area contributed by atoms with Crippen molar-refractivity contribution in [2.45, 2.75) is 25.4 Å². The van der Waals surface area contributed by atoms with E-state index in [0.717, 1.165) is 31.1 Å². The van der Waals surface area contributed by atoms with Crippen molar-refractivity contribution < 1.29 is 4.79 Å². The molecule has 3 heterocycles. The van der Waals surface area contributed by atoms with E-state index in [1.54, 1.807) is 23.6 Å². The third kappa shape index (κ3) is 3.51. The molecule has 2 aromatic heterocycles. The molecule has 0 aromatic carbocycles. The molecule has 0 radical (unpaired) electrons. The number of anilines is 1. The minimum absolute atomic E-state index is 0.0353. The summed E-state index contributed by atoms with van der Waals surface area (Å²) in [5.74, 6) is -0.173. The second kappa shape index (κ2) is 6.69. The first kappa shape index (κ1) is 14.7. The molecular formula is C14H17N5O2S. The number of carbonyl (C=O) groups is 1. The minimum Gasteiger partial charge on any atom is -0.352 e. The maximum absolute atomic E-state index is 12.0. The van der Waals surface area contributed by atoms with Crippen LogP contribution in [0.15, 0.2) is 34.7 Å². The summed E-state index contributed by atoms with van der Waals surface area (Å²) in [6.45, 7) is 1.72. The van der Waals surface area contributed by atoms with E-state index in [4.69, 9.17) is 0 Å². The van der Waals surface area contributed by atoms with Crippen LogP contribution >= 0.6 is 11.3 Å². The summed E-state index contributed by atoms with van der Waals surface area (Å²) >= 11 is 1.63. The smallest absolute Gasteiger partial charge is 0.267 e. The fourth-order valence-corrected chi connectivity index (χ4v) is 3.20. The second-order valence-electron chi connectivity index (χ2n) is 5.16. The lowest BCUT2D eigenvalue weighted by atomic mass is 10.1. The quantitative estimate of drug-likeness (QED) is 0.887. The molecule has 1 aliphatic rings. The minimum atomic E-state index is -0.267. The van der Waals surface area contributed by atoms with Crippen LogP contribution in [-0.4, -0.2) is 39.8 Å². The van der Waals surface area contributed by atoms with Gasteiger partial charge in [-0.15, -0.1) is 11.3 Å². The Morgan fingerprint density at radius 1 is 1.36 bits per heavy atom. The zero-order chi connectivity index (χ0) is 15.4. The summed E-state index contributed by atoms with van der Waals surface area (Å²) < 4.78 is 1.17. The highest BCUT2D eigenvalue weighted by atomic mass is 32.1. The highest BCUT2D eigenvalue weighted by Crippen LogP contribution is 2.21. The van der Waals surface area contributed by atoms with Gasteiger partial charge in [-0.2, -0.15) is 5.10 Å². The Morgan fingerprint density at radius 3 is 2.86 bits per heavy atom. The molecule has 116 valence electrons. The molecule has 0 aliphatic carbocycles. The highest BCUT2D eigenvalue weighted by Gasteiger charge is 2.22. The van der Waals surface area contributed by atoms with Gasteiger partial charge in [0.1, 0.15) is 6.54 Å². The average Bonchev–Trinajstić information content (AvgIpc) is 3.05. The van der Waals surface area contributed by atoms with Gasteiger partial charge >= 0.3 is 0 Å². The Hall–Kier alpha value is -2.22. The van der Waals surface area contributed by atoms with Crippen LogP contribution in [0.2, 0.25) is 0 Å². The van der Waals surface area contributed by atoms with Crippen molar-refractivity contribution in [2.75, 3.05) is 18.0 Å². The van der Waals surface area contributed by atoms with Gasteiger partial charge in [-0.05, 0) is 18.9 Å². The Morgan fingerprint density at radius 2 is 2.18 bits per heavy atom. The molecule has 0 unspecified atom stereocenters. The molecule has 1 N–H and O–H groups in total. The molecule has 22 heavy (non-hydrogen) atoms. The number of hydrogen-bond donors (Lipinski definition) is 1. The molecule has 0 atom stereocenters. The predicted molar refractivity (Wildman–Crippen MR) is 84.0 cm³/mol. The number of amides is 1. The first-order valence-corrected chi connectivity index (χ1v) is 8.06. The molecule has 1 amide bonds. The maximum atomic E-state index is 12.0. The Bertz CT molecular complexity index is 677. The van der Waals surface area contributed by atoms with Gasteiger partial charge in [0.15, 0.2) is 5.13 Å².